The molecule has 0 fully saturated rings. The van der Waals surface area contributed by atoms with Crippen LogP contribution in [0.5, 0.6) is 5.75 Å². The molecule has 0 N–H and O–H groups in total. The van der Waals surface area contributed by atoms with Crippen molar-refractivity contribution in [1.29, 1.82) is 0 Å². The molecule has 0 atom stereocenters. The van der Waals surface area contributed by atoms with E-state index in [1.54, 1.807) is 7.11 Å². The number of fused-ring (bicyclic) bond motifs is 3. The largest absolute Gasteiger partial charge is 0.497 e. The normalized spacial score (nSPS) is 11.0. The van der Waals surface area contributed by atoms with Gasteiger partial charge in [0, 0.05) is 10.8 Å². The van der Waals surface area contributed by atoms with Gasteiger partial charge < -0.3 is 9.15 Å². The maximum atomic E-state index is 5.70. The molecule has 74 valence electrons. The van der Waals surface area contributed by atoms with Crippen LogP contribution in [-0.4, -0.2) is 7.11 Å². The highest BCUT2D eigenvalue weighted by Gasteiger charge is 2.06. The maximum absolute atomic E-state index is 5.70. The SMILES string of the molecule is COc1ccc2oc3ccccc3c2c1. The lowest BCUT2D eigenvalue weighted by Crippen LogP contribution is -1.80. The second kappa shape index (κ2) is 3.02. The minimum absolute atomic E-state index is 0.856. The van der Waals surface area contributed by atoms with Crippen LogP contribution in [0.2, 0.25) is 0 Å². The van der Waals surface area contributed by atoms with Gasteiger partial charge in [-0.3, -0.25) is 0 Å². The molecule has 0 aliphatic carbocycles. The molecule has 15 heavy (non-hydrogen) atoms. The summed E-state index contributed by atoms with van der Waals surface area (Å²) in [6.07, 6.45) is 0. The lowest BCUT2D eigenvalue weighted by Gasteiger charge is -1.97. The highest BCUT2D eigenvalue weighted by Crippen LogP contribution is 2.30. The number of methoxy groups -OCH3 is 1. The van der Waals surface area contributed by atoms with Crippen LogP contribution in [0.4, 0.5) is 0 Å². The minimum atomic E-state index is 0.856. The van der Waals surface area contributed by atoms with E-state index in [-0.39, 0.29) is 0 Å². The Morgan fingerprint density at radius 1 is 0.933 bits per heavy atom. The molecule has 2 nitrogen and oxygen atoms in total. The fourth-order valence-corrected chi connectivity index (χ4v) is 1.83. The van der Waals surface area contributed by atoms with Gasteiger partial charge in [0.2, 0.25) is 0 Å². The van der Waals surface area contributed by atoms with Crippen molar-refractivity contribution in [3.05, 3.63) is 42.5 Å². The maximum Gasteiger partial charge on any atom is 0.135 e. The van der Waals surface area contributed by atoms with Crippen molar-refractivity contribution in [2.75, 3.05) is 7.11 Å². The molecule has 0 amide bonds. The number of para-hydroxylation sites is 1. The van der Waals surface area contributed by atoms with E-state index in [1.165, 1.54) is 0 Å². The third kappa shape index (κ3) is 1.18. The third-order valence-electron chi connectivity index (χ3n) is 2.58. The van der Waals surface area contributed by atoms with E-state index < -0.39 is 0 Å². The number of benzene rings is 2. The average molecular weight is 198 g/mol. The van der Waals surface area contributed by atoms with E-state index in [0.29, 0.717) is 0 Å². The van der Waals surface area contributed by atoms with E-state index in [0.717, 1.165) is 27.7 Å². The minimum Gasteiger partial charge on any atom is -0.497 e. The van der Waals surface area contributed by atoms with E-state index in [9.17, 15) is 0 Å². The predicted molar refractivity (Wildman–Crippen MR) is 60.3 cm³/mol. The van der Waals surface area contributed by atoms with Crippen molar-refractivity contribution in [3.8, 4) is 5.75 Å². The Morgan fingerprint density at radius 3 is 2.60 bits per heavy atom. The zero-order valence-electron chi connectivity index (χ0n) is 8.36. The van der Waals surface area contributed by atoms with Crippen molar-refractivity contribution in [3.63, 3.8) is 0 Å². The van der Waals surface area contributed by atoms with E-state index in [2.05, 4.69) is 6.07 Å². The Balaban J connectivity index is 2.46. The molecule has 3 aromatic rings. The van der Waals surface area contributed by atoms with Crippen LogP contribution in [-0.2, 0) is 0 Å². The van der Waals surface area contributed by atoms with Crippen LogP contribution in [0.1, 0.15) is 0 Å². The molecule has 3 rings (SSSR count). The molecule has 0 aliphatic heterocycles. The molecule has 1 heterocycles. The van der Waals surface area contributed by atoms with Crippen LogP contribution < -0.4 is 4.74 Å². The Labute approximate surface area is 87.1 Å². The Hall–Kier alpha value is -1.96. The summed E-state index contributed by atoms with van der Waals surface area (Å²) in [6, 6.07) is 13.9. The van der Waals surface area contributed by atoms with Gasteiger partial charge in [0.05, 0.1) is 7.11 Å². The summed E-state index contributed by atoms with van der Waals surface area (Å²) in [5.41, 5.74) is 1.82. The molecule has 0 bridgehead atoms. The molecule has 0 spiro atoms. The van der Waals surface area contributed by atoms with Crippen LogP contribution >= 0.6 is 0 Å². The van der Waals surface area contributed by atoms with Gasteiger partial charge in [0.25, 0.3) is 0 Å². The van der Waals surface area contributed by atoms with E-state index >= 15 is 0 Å². The third-order valence-corrected chi connectivity index (χ3v) is 2.58. The zero-order chi connectivity index (χ0) is 10.3. The number of hydrogen-bond acceptors (Lipinski definition) is 2. The van der Waals surface area contributed by atoms with Crippen molar-refractivity contribution in [2.45, 2.75) is 0 Å². The average Bonchev–Trinajstić information content (AvgIpc) is 2.66. The van der Waals surface area contributed by atoms with Crippen LogP contribution in [0.3, 0.4) is 0 Å². The predicted octanol–water partition coefficient (Wildman–Crippen LogP) is 3.59. The second-order valence-corrected chi connectivity index (χ2v) is 3.46. The van der Waals surface area contributed by atoms with Crippen molar-refractivity contribution in [2.24, 2.45) is 0 Å². The topological polar surface area (TPSA) is 22.4 Å². The van der Waals surface area contributed by atoms with Gasteiger partial charge in [0.1, 0.15) is 16.9 Å². The van der Waals surface area contributed by atoms with Crippen molar-refractivity contribution in [1.82, 2.24) is 0 Å². The summed E-state index contributed by atoms with van der Waals surface area (Å²) in [5.74, 6) is 0.856. The first-order valence-electron chi connectivity index (χ1n) is 4.84. The van der Waals surface area contributed by atoms with Gasteiger partial charge in [-0.05, 0) is 24.3 Å². The number of ether oxygens (including phenoxy) is 1. The summed E-state index contributed by atoms with van der Waals surface area (Å²) in [7, 11) is 1.67. The first-order valence-corrected chi connectivity index (χ1v) is 4.84. The van der Waals surface area contributed by atoms with Gasteiger partial charge in [-0.15, -0.1) is 0 Å². The van der Waals surface area contributed by atoms with E-state index in [4.69, 9.17) is 9.15 Å². The van der Waals surface area contributed by atoms with Crippen LogP contribution in [0.25, 0.3) is 21.9 Å². The molecule has 2 aromatic carbocycles. The first kappa shape index (κ1) is 8.36. The van der Waals surface area contributed by atoms with Crippen molar-refractivity contribution >= 4 is 21.9 Å². The number of hydrogen-bond donors (Lipinski definition) is 0. The summed E-state index contributed by atoms with van der Waals surface area (Å²) in [4.78, 5) is 0. The first-order chi connectivity index (χ1) is 7.38. The van der Waals surface area contributed by atoms with Gasteiger partial charge >= 0.3 is 0 Å². The van der Waals surface area contributed by atoms with Gasteiger partial charge in [-0.1, -0.05) is 18.2 Å². The molecule has 2 heteroatoms. The number of furan rings is 1. The summed E-state index contributed by atoms with van der Waals surface area (Å²) >= 11 is 0. The molecule has 1 aromatic heterocycles. The number of rotatable bonds is 1. The standard InChI is InChI=1S/C13H10O2/c1-14-9-6-7-13-11(8-9)10-4-2-3-5-12(10)15-13/h2-8H,1H3. The molecular formula is C13H10O2. The summed E-state index contributed by atoms with van der Waals surface area (Å²) in [5, 5.41) is 2.23. The Bertz CT molecular complexity index is 623. The fraction of sp³-hybridized carbons (Fsp3) is 0.0769. The molecule has 0 saturated heterocycles. The van der Waals surface area contributed by atoms with Crippen molar-refractivity contribution < 1.29 is 9.15 Å². The Morgan fingerprint density at radius 2 is 1.73 bits per heavy atom. The molecule has 0 aliphatic rings. The monoisotopic (exact) mass is 198 g/mol. The quantitative estimate of drug-likeness (QED) is 0.596. The highest BCUT2D eigenvalue weighted by atomic mass is 16.5. The van der Waals surface area contributed by atoms with Gasteiger partial charge in [-0.25, -0.2) is 0 Å². The van der Waals surface area contributed by atoms with Gasteiger partial charge in [0.15, 0.2) is 0 Å². The fourth-order valence-electron chi connectivity index (χ4n) is 1.83. The smallest absolute Gasteiger partial charge is 0.135 e. The summed E-state index contributed by atoms with van der Waals surface area (Å²) < 4.78 is 10.9. The lowest BCUT2D eigenvalue weighted by atomic mass is 10.1. The zero-order valence-corrected chi connectivity index (χ0v) is 8.36. The molecular weight excluding hydrogens is 188 g/mol. The molecule has 0 unspecified atom stereocenters. The second-order valence-electron chi connectivity index (χ2n) is 3.46. The molecule has 0 radical (unpaired) electrons. The summed E-state index contributed by atoms with van der Waals surface area (Å²) in [6.45, 7) is 0. The molecule has 0 saturated carbocycles. The Kier molecular flexibility index (Phi) is 1.68. The van der Waals surface area contributed by atoms with Gasteiger partial charge in [-0.2, -0.15) is 0 Å². The highest BCUT2D eigenvalue weighted by molar-refractivity contribution is 6.05. The van der Waals surface area contributed by atoms with E-state index in [1.807, 2.05) is 36.4 Å². The van der Waals surface area contributed by atoms with Crippen LogP contribution in [0.15, 0.2) is 46.9 Å². The lowest BCUT2D eigenvalue weighted by molar-refractivity contribution is 0.415. The van der Waals surface area contributed by atoms with Crippen LogP contribution in [0, 0.1) is 0 Å².